The Morgan fingerprint density at radius 3 is 1.12 bits per heavy atom. The summed E-state index contributed by atoms with van der Waals surface area (Å²) in [4.78, 5) is 87.4. The molecule has 18 nitrogen and oxygen atoms in total. The van der Waals surface area contributed by atoms with Crippen LogP contribution in [0.4, 0.5) is 0 Å². The SMILES string of the molecule is CCCCCCCCCCCCCCCC(=O)NCCCN(CCCNC(=O)CCCCCCCCCCCCCCC)C(=O)CCC(=O)N[C@@H](CCCN=C(N)N)C(=O)N[C@@H](CCCN=C(N)N)C(N)=O. The van der Waals surface area contributed by atoms with Crippen molar-refractivity contribution in [3.63, 3.8) is 0 Å². The van der Waals surface area contributed by atoms with Gasteiger partial charge in [-0.05, 0) is 51.4 Å². The van der Waals surface area contributed by atoms with Crippen molar-refractivity contribution in [3.05, 3.63) is 0 Å². The molecule has 18 heteroatoms. The largest absolute Gasteiger partial charge is 0.370 e. The molecule has 0 aromatic rings. The summed E-state index contributed by atoms with van der Waals surface area (Å²) < 4.78 is 0. The van der Waals surface area contributed by atoms with Crippen LogP contribution >= 0.6 is 0 Å². The van der Waals surface area contributed by atoms with E-state index in [2.05, 4.69) is 45.1 Å². The molecule has 6 amide bonds. The second kappa shape index (κ2) is 48.6. The van der Waals surface area contributed by atoms with E-state index in [-0.39, 0.29) is 68.4 Å². The number of nitrogens with one attached hydrogen (secondary N) is 4. The number of unbranched alkanes of at least 4 members (excludes halogenated alkanes) is 24. The normalized spacial score (nSPS) is 11.8. The monoisotopic (exact) mass is 1020 g/mol. The zero-order chi connectivity index (χ0) is 53.3. The molecule has 0 unspecified atom stereocenters. The third-order valence-corrected chi connectivity index (χ3v) is 13.0. The van der Waals surface area contributed by atoms with E-state index >= 15 is 0 Å². The summed E-state index contributed by atoms with van der Waals surface area (Å²) in [6.45, 7) is 6.47. The molecule has 0 saturated carbocycles. The van der Waals surface area contributed by atoms with Gasteiger partial charge in [0.2, 0.25) is 35.4 Å². The molecule has 0 aliphatic rings. The average Bonchev–Trinajstić information content (AvgIpc) is 3.34. The number of carbonyl (C=O) groups excluding carboxylic acids is 6. The van der Waals surface area contributed by atoms with Gasteiger partial charge in [0.1, 0.15) is 12.1 Å². The van der Waals surface area contributed by atoms with E-state index in [0.717, 1.165) is 38.5 Å². The zero-order valence-corrected chi connectivity index (χ0v) is 45.5. The lowest BCUT2D eigenvalue weighted by Crippen LogP contribution is -2.53. The third-order valence-electron chi connectivity index (χ3n) is 13.0. The van der Waals surface area contributed by atoms with E-state index in [9.17, 15) is 28.8 Å². The Bertz CT molecular complexity index is 1420. The Labute approximate surface area is 435 Å². The number of amides is 6. The molecule has 0 heterocycles. The third kappa shape index (κ3) is 44.1. The Balaban J connectivity index is 5.16. The second-order valence-electron chi connectivity index (χ2n) is 19.8. The maximum Gasteiger partial charge on any atom is 0.243 e. The van der Waals surface area contributed by atoms with Crippen LogP contribution in [-0.4, -0.2) is 104 Å². The highest BCUT2D eigenvalue weighted by atomic mass is 16.2. The summed E-state index contributed by atoms with van der Waals surface area (Å²) in [6, 6.07) is -2.10. The van der Waals surface area contributed by atoms with Crippen LogP contribution in [0.25, 0.3) is 0 Å². The lowest BCUT2D eigenvalue weighted by atomic mass is 10.0. The van der Waals surface area contributed by atoms with Crippen molar-refractivity contribution in [1.82, 2.24) is 26.2 Å². The van der Waals surface area contributed by atoms with E-state index in [0.29, 0.717) is 64.7 Å². The van der Waals surface area contributed by atoms with Crippen LogP contribution in [0.5, 0.6) is 0 Å². The number of aliphatic imine (C=N–C) groups is 2. The van der Waals surface area contributed by atoms with Gasteiger partial charge in [-0.1, -0.05) is 168 Å². The minimum absolute atomic E-state index is 0.00353. The van der Waals surface area contributed by atoms with Crippen LogP contribution in [0, 0.1) is 0 Å². The van der Waals surface area contributed by atoms with Crippen LogP contribution in [0.15, 0.2) is 9.98 Å². The van der Waals surface area contributed by atoms with Gasteiger partial charge in [0.25, 0.3) is 0 Å². The zero-order valence-electron chi connectivity index (χ0n) is 45.5. The fraction of sp³-hybridized carbons (Fsp3) is 0.852. The van der Waals surface area contributed by atoms with Crippen molar-refractivity contribution in [2.24, 2.45) is 38.7 Å². The number of hydrogen-bond donors (Lipinski definition) is 9. The first-order chi connectivity index (χ1) is 34.8. The van der Waals surface area contributed by atoms with Gasteiger partial charge in [-0.25, -0.2) is 0 Å². The highest BCUT2D eigenvalue weighted by Crippen LogP contribution is 2.15. The quantitative estimate of drug-likeness (QED) is 0.0169. The molecule has 418 valence electrons. The van der Waals surface area contributed by atoms with E-state index in [1.165, 1.54) is 128 Å². The van der Waals surface area contributed by atoms with Crippen LogP contribution in [0.1, 0.15) is 245 Å². The summed E-state index contributed by atoms with van der Waals surface area (Å²) in [5, 5.41) is 11.3. The predicted molar refractivity (Wildman–Crippen MR) is 295 cm³/mol. The second-order valence-corrected chi connectivity index (χ2v) is 19.8. The molecule has 0 aromatic carbocycles. The average molecular weight is 1020 g/mol. The summed E-state index contributed by atoms with van der Waals surface area (Å²) in [5.41, 5.74) is 27.3. The Kier molecular flexibility index (Phi) is 45.5. The molecular weight excluding hydrogens is 913 g/mol. The van der Waals surface area contributed by atoms with Crippen molar-refractivity contribution in [3.8, 4) is 0 Å². The van der Waals surface area contributed by atoms with Crippen LogP contribution in [0.2, 0.25) is 0 Å². The maximum atomic E-state index is 13.7. The fourth-order valence-electron chi connectivity index (χ4n) is 8.62. The molecule has 14 N–H and O–H groups in total. The van der Waals surface area contributed by atoms with Crippen molar-refractivity contribution in [2.75, 3.05) is 39.3 Å². The number of hydrogen-bond acceptors (Lipinski definition) is 8. The van der Waals surface area contributed by atoms with Crippen LogP contribution in [0.3, 0.4) is 0 Å². The summed E-state index contributed by atoms with van der Waals surface area (Å²) in [5.74, 6) is -2.38. The van der Waals surface area contributed by atoms with E-state index in [4.69, 9.17) is 28.7 Å². The predicted octanol–water partition coefficient (Wildman–Crippen LogP) is 7.13. The highest BCUT2D eigenvalue weighted by molar-refractivity contribution is 5.92. The minimum Gasteiger partial charge on any atom is -0.370 e. The molecular formula is C54H106N12O6. The first-order valence-electron chi connectivity index (χ1n) is 28.6. The molecule has 0 aliphatic heterocycles. The van der Waals surface area contributed by atoms with Crippen LogP contribution in [-0.2, 0) is 28.8 Å². The summed E-state index contributed by atoms with van der Waals surface area (Å²) >= 11 is 0. The lowest BCUT2D eigenvalue weighted by Gasteiger charge is -2.24. The van der Waals surface area contributed by atoms with Crippen molar-refractivity contribution in [1.29, 1.82) is 0 Å². The van der Waals surface area contributed by atoms with Gasteiger partial charge >= 0.3 is 0 Å². The maximum absolute atomic E-state index is 13.7. The number of nitrogens with two attached hydrogens (primary N) is 5. The van der Waals surface area contributed by atoms with E-state index < -0.39 is 29.8 Å². The Hall–Kier alpha value is -4.64. The van der Waals surface area contributed by atoms with Gasteiger partial charge in [-0.3, -0.25) is 38.8 Å². The number of nitrogens with zero attached hydrogens (tertiary/aromatic N) is 3. The summed E-state index contributed by atoms with van der Waals surface area (Å²) in [6.07, 6.45) is 35.0. The molecule has 0 bridgehead atoms. The van der Waals surface area contributed by atoms with Gasteiger partial charge in [-0.15, -0.1) is 0 Å². The molecule has 2 atom stereocenters. The first kappa shape index (κ1) is 67.4. The molecule has 0 aliphatic carbocycles. The standard InChI is InChI=1S/C54H106N12O6/c1-3-5-7-9-11-13-15-17-19-21-23-25-27-35-47(67)60-41-31-43-66(44-32-42-61-48(68)36-28-26-24-22-20-18-16-14-12-10-8-6-4-2)50(70)38-37-49(69)64-46(34-30-40-63-54(58)59)52(72)65-45(51(55)71)33-29-39-62-53(56)57/h45-46H,3-44H2,1-2H3,(H2,55,71)(H,60,67)(H,61,68)(H,64,69)(H,65,72)(H4,56,57,62)(H4,58,59,63)/t45-,46-/m0/s1. The fourth-order valence-corrected chi connectivity index (χ4v) is 8.62. The van der Waals surface area contributed by atoms with E-state index in [1.807, 2.05) is 0 Å². The Morgan fingerprint density at radius 1 is 0.403 bits per heavy atom. The number of carbonyl (C=O) groups is 6. The van der Waals surface area contributed by atoms with Gasteiger partial charge in [0.05, 0.1) is 0 Å². The molecule has 0 rings (SSSR count). The van der Waals surface area contributed by atoms with Gasteiger partial charge in [0.15, 0.2) is 11.9 Å². The van der Waals surface area contributed by atoms with Crippen molar-refractivity contribution in [2.45, 2.75) is 257 Å². The van der Waals surface area contributed by atoms with Crippen LogP contribution < -0.4 is 49.9 Å². The molecule has 0 fully saturated rings. The molecule has 0 spiro atoms. The summed E-state index contributed by atoms with van der Waals surface area (Å²) in [7, 11) is 0. The van der Waals surface area contributed by atoms with Crippen molar-refractivity contribution < 1.29 is 28.8 Å². The first-order valence-corrected chi connectivity index (χ1v) is 28.6. The molecule has 0 radical (unpaired) electrons. The van der Waals surface area contributed by atoms with Gasteiger partial charge < -0.3 is 54.8 Å². The lowest BCUT2D eigenvalue weighted by molar-refractivity contribution is -0.135. The van der Waals surface area contributed by atoms with Gasteiger partial charge in [-0.2, -0.15) is 0 Å². The van der Waals surface area contributed by atoms with E-state index in [1.54, 1.807) is 4.90 Å². The number of rotatable bonds is 51. The smallest absolute Gasteiger partial charge is 0.243 e. The molecule has 72 heavy (non-hydrogen) atoms. The molecule has 0 saturated heterocycles. The topological polar surface area (TPSA) is 309 Å². The number of guanidine groups is 2. The molecule has 0 aromatic heterocycles. The minimum atomic E-state index is -1.07. The Morgan fingerprint density at radius 2 is 0.764 bits per heavy atom. The van der Waals surface area contributed by atoms with Gasteiger partial charge in [0, 0.05) is 65.0 Å². The van der Waals surface area contributed by atoms with Crippen molar-refractivity contribution >= 4 is 47.4 Å². The number of primary amides is 1. The highest BCUT2D eigenvalue weighted by Gasteiger charge is 2.26.